The summed E-state index contributed by atoms with van der Waals surface area (Å²) in [5, 5.41) is 9.06. The summed E-state index contributed by atoms with van der Waals surface area (Å²) in [6, 6.07) is 9.13. The number of fused-ring (bicyclic) bond motifs is 2. The van der Waals surface area contributed by atoms with Crippen LogP contribution in [0.5, 0.6) is 17.2 Å². The van der Waals surface area contributed by atoms with Crippen molar-refractivity contribution in [3.63, 3.8) is 0 Å². The van der Waals surface area contributed by atoms with Crippen LogP contribution in [0, 0.1) is 0 Å². The molecule has 0 radical (unpaired) electrons. The summed E-state index contributed by atoms with van der Waals surface area (Å²) in [4.78, 5) is 15.1. The minimum atomic E-state index is -0.0995. The predicted octanol–water partition coefficient (Wildman–Crippen LogP) is 2.88. The third kappa shape index (κ3) is 3.50. The summed E-state index contributed by atoms with van der Waals surface area (Å²) in [5.41, 5.74) is 2.85. The molecule has 0 N–H and O–H groups in total. The van der Waals surface area contributed by atoms with Gasteiger partial charge < -0.3 is 23.8 Å². The number of amides is 1. The molecule has 0 saturated heterocycles. The van der Waals surface area contributed by atoms with Crippen molar-refractivity contribution in [1.29, 1.82) is 0 Å². The number of benzene rings is 2. The van der Waals surface area contributed by atoms with Crippen molar-refractivity contribution in [3.05, 3.63) is 47.7 Å². The Bertz CT molecular complexity index is 1090. The average Bonchev–Trinajstić information content (AvgIpc) is 2.78. The van der Waals surface area contributed by atoms with Crippen molar-refractivity contribution in [3.8, 4) is 17.2 Å². The summed E-state index contributed by atoms with van der Waals surface area (Å²) in [6.45, 7) is 1.43. The van der Waals surface area contributed by atoms with Crippen molar-refractivity contribution in [2.75, 3.05) is 46.0 Å². The average molecular weight is 409 g/mol. The van der Waals surface area contributed by atoms with Crippen LogP contribution in [0.4, 0.5) is 5.69 Å². The van der Waals surface area contributed by atoms with Gasteiger partial charge in [-0.15, -0.1) is 0 Å². The van der Waals surface area contributed by atoms with Gasteiger partial charge in [-0.3, -0.25) is 4.79 Å². The molecule has 0 aliphatic carbocycles. The molecule has 0 saturated carbocycles. The van der Waals surface area contributed by atoms with Gasteiger partial charge in [0, 0.05) is 36.2 Å². The topological polar surface area (TPSA) is 83.0 Å². The molecule has 3 aromatic rings. The monoisotopic (exact) mass is 409 g/mol. The van der Waals surface area contributed by atoms with Gasteiger partial charge in [-0.25, -0.2) is 0 Å². The molecule has 2 aromatic carbocycles. The largest absolute Gasteiger partial charge is 0.493 e. The van der Waals surface area contributed by atoms with Gasteiger partial charge in [-0.1, -0.05) is 6.07 Å². The highest BCUT2D eigenvalue weighted by Crippen LogP contribution is 2.37. The van der Waals surface area contributed by atoms with Crippen LogP contribution < -0.4 is 19.1 Å². The van der Waals surface area contributed by atoms with Gasteiger partial charge in [0.25, 0.3) is 5.91 Å². The quantitative estimate of drug-likeness (QED) is 0.555. The first kappa shape index (κ1) is 19.9. The SMILES string of the molecule is COCCOc1cccc2c1CCN(c1cnnc3cc(OC)c(OC)cc13)C2=O. The van der Waals surface area contributed by atoms with Crippen LogP contribution in [0.2, 0.25) is 0 Å². The first-order valence-electron chi connectivity index (χ1n) is 9.60. The molecule has 0 fully saturated rings. The summed E-state index contributed by atoms with van der Waals surface area (Å²) in [7, 11) is 4.77. The predicted molar refractivity (Wildman–Crippen MR) is 112 cm³/mol. The maximum absolute atomic E-state index is 13.4. The molecular formula is C22H23N3O5. The minimum Gasteiger partial charge on any atom is -0.493 e. The van der Waals surface area contributed by atoms with E-state index in [4.69, 9.17) is 18.9 Å². The molecule has 1 aliphatic heterocycles. The van der Waals surface area contributed by atoms with E-state index in [1.54, 1.807) is 38.5 Å². The van der Waals surface area contributed by atoms with Crippen LogP contribution in [0.1, 0.15) is 15.9 Å². The lowest BCUT2D eigenvalue weighted by Crippen LogP contribution is -2.38. The normalized spacial score (nSPS) is 13.3. The number of hydrogen-bond acceptors (Lipinski definition) is 7. The van der Waals surface area contributed by atoms with Crippen molar-refractivity contribution in [2.24, 2.45) is 0 Å². The zero-order chi connectivity index (χ0) is 21.1. The number of rotatable bonds is 7. The molecule has 0 bridgehead atoms. The second kappa shape index (κ2) is 8.54. The number of carbonyl (C=O) groups excluding carboxylic acids is 1. The lowest BCUT2D eigenvalue weighted by Gasteiger charge is -2.30. The Morgan fingerprint density at radius 3 is 2.60 bits per heavy atom. The first-order valence-corrected chi connectivity index (χ1v) is 9.60. The van der Waals surface area contributed by atoms with Crippen LogP contribution in [0.15, 0.2) is 36.5 Å². The minimum absolute atomic E-state index is 0.0995. The Kier molecular flexibility index (Phi) is 5.67. The Hall–Kier alpha value is -3.39. The molecule has 1 aromatic heterocycles. The molecule has 156 valence electrons. The van der Waals surface area contributed by atoms with Crippen molar-refractivity contribution < 1.29 is 23.7 Å². The van der Waals surface area contributed by atoms with Gasteiger partial charge in [-0.2, -0.15) is 10.2 Å². The Morgan fingerprint density at radius 2 is 1.83 bits per heavy atom. The van der Waals surface area contributed by atoms with E-state index in [0.29, 0.717) is 54.4 Å². The number of hydrogen-bond donors (Lipinski definition) is 0. The highest BCUT2D eigenvalue weighted by atomic mass is 16.5. The van der Waals surface area contributed by atoms with E-state index in [9.17, 15) is 4.79 Å². The van der Waals surface area contributed by atoms with Gasteiger partial charge in [0.1, 0.15) is 12.4 Å². The third-order valence-corrected chi connectivity index (χ3v) is 5.15. The van der Waals surface area contributed by atoms with E-state index in [1.807, 2.05) is 24.3 Å². The summed E-state index contributed by atoms with van der Waals surface area (Å²) >= 11 is 0. The summed E-state index contributed by atoms with van der Waals surface area (Å²) < 4.78 is 21.6. The molecule has 30 heavy (non-hydrogen) atoms. The number of ether oxygens (including phenoxy) is 4. The molecule has 4 rings (SSSR count). The van der Waals surface area contributed by atoms with E-state index in [1.165, 1.54) is 0 Å². The fourth-order valence-corrected chi connectivity index (χ4v) is 3.68. The van der Waals surface area contributed by atoms with Gasteiger partial charge in [0.05, 0.1) is 38.2 Å². The molecule has 1 aliphatic rings. The summed E-state index contributed by atoms with van der Waals surface area (Å²) in [5.74, 6) is 1.75. The van der Waals surface area contributed by atoms with Crippen LogP contribution in [0.25, 0.3) is 10.9 Å². The molecule has 1 amide bonds. The van der Waals surface area contributed by atoms with Crippen molar-refractivity contribution in [1.82, 2.24) is 10.2 Å². The molecule has 2 heterocycles. The zero-order valence-corrected chi connectivity index (χ0v) is 17.2. The second-order valence-corrected chi connectivity index (χ2v) is 6.78. The molecule has 0 unspecified atom stereocenters. The van der Waals surface area contributed by atoms with Gasteiger partial charge >= 0.3 is 0 Å². The van der Waals surface area contributed by atoms with Crippen LogP contribution in [-0.4, -0.2) is 57.2 Å². The number of carbonyl (C=O) groups is 1. The Labute approximate surface area is 174 Å². The molecule has 0 spiro atoms. The lowest BCUT2D eigenvalue weighted by molar-refractivity contribution is 0.0979. The molecular weight excluding hydrogens is 386 g/mol. The lowest BCUT2D eigenvalue weighted by atomic mass is 9.97. The Balaban J connectivity index is 1.73. The fraction of sp³-hybridized carbons (Fsp3) is 0.318. The maximum atomic E-state index is 13.4. The van der Waals surface area contributed by atoms with Crippen LogP contribution in [-0.2, 0) is 11.2 Å². The van der Waals surface area contributed by atoms with E-state index in [0.717, 1.165) is 16.7 Å². The number of methoxy groups -OCH3 is 3. The Morgan fingerprint density at radius 1 is 1.03 bits per heavy atom. The van der Waals surface area contributed by atoms with Crippen molar-refractivity contribution in [2.45, 2.75) is 6.42 Å². The van der Waals surface area contributed by atoms with E-state index < -0.39 is 0 Å². The van der Waals surface area contributed by atoms with Gasteiger partial charge in [0.15, 0.2) is 11.5 Å². The smallest absolute Gasteiger partial charge is 0.258 e. The van der Waals surface area contributed by atoms with Crippen molar-refractivity contribution >= 4 is 22.5 Å². The first-order chi connectivity index (χ1) is 14.7. The highest BCUT2D eigenvalue weighted by molar-refractivity contribution is 6.12. The molecule has 8 heteroatoms. The van der Waals surface area contributed by atoms with Gasteiger partial charge in [-0.05, 0) is 24.6 Å². The standard InChI is InChI=1S/C22H23N3O5/c1-27-9-10-30-19-6-4-5-15-14(19)7-8-25(22(15)26)18-13-23-24-17-12-21(29-3)20(28-2)11-16(17)18/h4-6,11-13H,7-10H2,1-3H3. The number of anilines is 1. The maximum Gasteiger partial charge on any atom is 0.258 e. The second-order valence-electron chi connectivity index (χ2n) is 6.78. The molecule has 0 atom stereocenters. The van der Waals surface area contributed by atoms with E-state index in [2.05, 4.69) is 10.2 Å². The summed E-state index contributed by atoms with van der Waals surface area (Å²) in [6.07, 6.45) is 2.28. The van der Waals surface area contributed by atoms with Crippen LogP contribution >= 0.6 is 0 Å². The van der Waals surface area contributed by atoms with Crippen LogP contribution in [0.3, 0.4) is 0 Å². The zero-order valence-electron chi connectivity index (χ0n) is 17.2. The number of nitrogens with zero attached hydrogens (tertiary/aromatic N) is 3. The number of aromatic nitrogens is 2. The van der Waals surface area contributed by atoms with Gasteiger partial charge in [0.2, 0.25) is 0 Å². The van der Waals surface area contributed by atoms with E-state index >= 15 is 0 Å². The highest BCUT2D eigenvalue weighted by Gasteiger charge is 2.29. The van der Waals surface area contributed by atoms with E-state index in [-0.39, 0.29) is 5.91 Å². The third-order valence-electron chi connectivity index (χ3n) is 5.15. The fourth-order valence-electron chi connectivity index (χ4n) is 3.68. The molecule has 8 nitrogen and oxygen atoms in total.